The maximum atomic E-state index is 10.7. The van der Waals surface area contributed by atoms with Gasteiger partial charge < -0.3 is 14.4 Å². The van der Waals surface area contributed by atoms with Crippen molar-refractivity contribution in [3.05, 3.63) is 0 Å². The van der Waals surface area contributed by atoms with Crippen molar-refractivity contribution in [1.29, 1.82) is 0 Å². The zero-order valence-electron chi connectivity index (χ0n) is 7.18. The van der Waals surface area contributed by atoms with Gasteiger partial charge in [0.05, 0.1) is 6.10 Å². The summed E-state index contributed by atoms with van der Waals surface area (Å²) in [6.45, 7) is 0. The molecule has 1 aliphatic rings. The first-order chi connectivity index (χ1) is 6.19. The standard InChI is InChI=1S/C8H13O4P/c9-4-6-5(3-8(10)11)1-2-7(6)12-13/h4-7H,1-3,13H2,(H,10,11)/t5-,6-,7-/m1/s1. The SMILES string of the molecule is O=C[C@@H]1[C@@H](CC(=O)O)CC[C@H]1OP. The van der Waals surface area contributed by atoms with Crippen molar-refractivity contribution >= 4 is 21.7 Å². The molecule has 0 saturated heterocycles. The molecule has 13 heavy (non-hydrogen) atoms. The Balaban J connectivity index is 2.56. The maximum Gasteiger partial charge on any atom is 0.303 e. The molecule has 1 aliphatic carbocycles. The number of carboxylic acids is 1. The lowest BCUT2D eigenvalue weighted by Crippen LogP contribution is -2.22. The van der Waals surface area contributed by atoms with Crippen LogP contribution in [0.5, 0.6) is 0 Å². The molecule has 0 heterocycles. The quantitative estimate of drug-likeness (QED) is 0.545. The highest BCUT2D eigenvalue weighted by atomic mass is 31.0. The van der Waals surface area contributed by atoms with E-state index in [1.165, 1.54) is 0 Å². The van der Waals surface area contributed by atoms with Crippen molar-refractivity contribution in [1.82, 2.24) is 0 Å². The maximum absolute atomic E-state index is 10.7. The van der Waals surface area contributed by atoms with Crippen molar-refractivity contribution in [3.63, 3.8) is 0 Å². The van der Waals surface area contributed by atoms with Crippen molar-refractivity contribution in [2.75, 3.05) is 0 Å². The molecule has 4 nitrogen and oxygen atoms in total. The number of aldehydes is 1. The fourth-order valence-corrected chi connectivity index (χ4v) is 2.20. The second kappa shape index (κ2) is 4.68. The number of aliphatic carboxylic acids is 1. The van der Waals surface area contributed by atoms with Gasteiger partial charge in [-0.3, -0.25) is 4.79 Å². The van der Waals surface area contributed by atoms with E-state index in [2.05, 4.69) is 9.47 Å². The minimum atomic E-state index is -0.846. The molecule has 0 aromatic carbocycles. The van der Waals surface area contributed by atoms with E-state index < -0.39 is 5.97 Å². The normalized spacial score (nSPS) is 33.2. The molecular weight excluding hydrogens is 191 g/mol. The van der Waals surface area contributed by atoms with E-state index in [0.717, 1.165) is 19.1 Å². The predicted octanol–water partition coefficient (Wildman–Crippen LogP) is 0.861. The highest BCUT2D eigenvalue weighted by Crippen LogP contribution is 2.35. The van der Waals surface area contributed by atoms with Gasteiger partial charge in [0.25, 0.3) is 0 Å². The average molecular weight is 204 g/mol. The second-order valence-electron chi connectivity index (χ2n) is 3.32. The summed E-state index contributed by atoms with van der Waals surface area (Å²) in [5.41, 5.74) is 0. The first kappa shape index (κ1) is 10.6. The van der Waals surface area contributed by atoms with Gasteiger partial charge in [0.2, 0.25) is 0 Å². The molecule has 1 unspecified atom stereocenters. The van der Waals surface area contributed by atoms with E-state index in [0.29, 0.717) is 0 Å². The smallest absolute Gasteiger partial charge is 0.303 e. The van der Waals surface area contributed by atoms with Crippen molar-refractivity contribution in [2.24, 2.45) is 11.8 Å². The summed E-state index contributed by atoms with van der Waals surface area (Å²) in [6, 6.07) is 0. The molecule has 0 aromatic rings. The lowest BCUT2D eigenvalue weighted by Gasteiger charge is -2.16. The van der Waals surface area contributed by atoms with Crippen LogP contribution in [-0.4, -0.2) is 23.5 Å². The van der Waals surface area contributed by atoms with Crippen molar-refractivity contribution < 1.29 is 19.2 Å². The number of rotatable bonds is 4. The Bertz CT molecular complexity index is 206. The topological polar surface area (TPSA) is 63.6 Å². The second-order valence-corrected chi connectivity index (χ2v) is 3.60. The van der Waals surface area contributed by atoms with Gasteiger partial charge in [-0.1, -0.05) is 0 Å². The summed E-state index contributed by atoms with van der Waals surface area (Å²) in [5, 5.41) is 8.58. The predicted molar refractivity (Wildman–Crippen MR) is 49.1 cm³/mol. The third-order valence-corrected chi connectivity index (χ3v) is 2.91. The Kier molecular flexibility index (Phi) is 3.82. The summed E-state index contributed by atoms with van der Waals surface area (Å²) < 4.78 is 5.02. The Morgan fingerprint density at radius 3 is 2.77 bits per heavy atom. The third kappa shape index (κ3) is 2.48. The number of hydrogen-bond acceptors (Lipinski definition) is 3. The van der Waals surface area contributed by atoms with Crippen molar-refractivity contribution in [3.8, 4) is 0 Å². The largest absolute Gasteiger partial charge is 0.481 e. The van der Waals surface area contributed by atoms with Crippen LogP contribution in [0.1, 0.15) is 19.3 Å². The van der Waals surface area contributed by atoms with Crippen LogP contribution in [-0.2, 0) is 14.1 Å². The van der Waals surface area contributed by atoms with E-state index in [1.807, 2.05) is 0 Å². The van der Waals surface area contributed by atoms with Gasteiger partial charge in [-0.2, -0.15) is 0 Å². The van der Waals surface area contributed by atoms with Crippen LogP contribution in [0.25, 0.3) is 0 Å². The zero-order chi connectivity index (χ0) is 9.84. The summed E-state index contributed by atoms with van der Waals surface area (Å²) in [4.78, 5) is 21.1. The minimum absolute atomic E-state index is 0.0550. The van der Waals surface area contributed by atoms with Crippen molar-refractivity contribution in [2.45, 2.75) is 25.4 Å². The van der Waals surface area contributed by atoms with Gasteiger partial charge in [0.15, 0.2) is 0 Å². The molecule has 0 bridgehead atoms. The van der Waals surface area contributed by atoms with Gasteiger partial charge in [-0.15, -0.1) is 0 Å². The fraction of sp³-hybridized carbons (Fsp3) is 0.750. The first-order valence-corrected chi connectivity index (χ1v) is 4.68. The van der Waals surface area contributed by atoms with E-state index in [-0.39, 0.29) is 24.4 Å². The molecule has 0 spiro atoms. The lowest BCUT2D eigenvalue weighted by molar-refractivity contribution is -0.138. The minimum Gasteiger partial charge on any atom is -0.481 e. The molecular formula is C8H13O4P. The molecule has 74 valence electrons. The van der Waals surface area contributed by atoms with E-state index in [4.69, 9.17) is 9.63 Å². The molecule has 0 aliphatic heterocycles. The highest BCUT2D eigenvalue weighted by molar-refractivity contribution is 7.09. The summed E-state index contributed by atoms with van der Waals surface area (Å²) >= 11 is 0. The summed E-state index contributed by atoms with van der Waals surface area (Å²) in [7, 11) is 2.13. The first-order valence-electron chi connectivity index (χ1n) is 4.21. The molecule has 0 amide bonds. The number of carbonyl (C=O) groups excluding carboxylic acids is 1. The van der Waals surface area contributed by atoms with Crippen LogP contribution in [0.3, 0.4) is 0 Å². The van der Waals surface area contributed by atoms with E-state index >= 15 is 0 Å². The molecule has 1 N–H and O–H groups in total. The molecule has 1 rings (SSSR count). The summed E-state index contributed by atoms with van der Waals surface area (Å²) in [5.74, 6) is -1.16. The Hall–Kier alpha value is -0.470. The van der Waals surface area contributed by atoms with Gasteiger partial charge >= 0.3 is 5.97 Å². The van der Waals surface area contributed by atoms with Gasteiger partial charge in [0.1, 0.15) is 6.29 Å². The highest BCUT2D eigenvalue weighted by Gasteiger charge is 2.37. The van der Waals surface area contributed by atoms with Crippen LogP contribution >= 0.6 is 9.47 Å². The van der Waals surface area contributed by atoms with Crippen LogP contribution in [0, 0.1) is 11.8 Å². The lowest BCUT2D eigenvalue weighted by atomic mass is 9.93. The summed E-state index contributed by atoms with van der Waals surface area (Å²) in [6.07, 6.45) is 2.29. The zero-order valence-corrected chi connectivity index (χ0v) is 8.33. The average Bonchev–Trinajstić information content (AvgIpc) is 2.45. The van der Waals surface area contributed by atoms with Crippen LogP contribution in [0.4, 0.5) is 0 Å². The fourth-order valence-electron chi connectivity index (χ4n) is 1.89. The molecule has 5 heteroatoms. The molecule has 4 atom stereocenters. The molecule has 1 fully saturated rings. The van der Waals surface area contributed by atoms with Gasteiger partial charge in [-0.05, 0) is 18.8 Å². The number of hydrogen-bond donors (Lipinski definition) is 1. The van der Waals surface area contributed by atoms with E-state index in [1.54, 1.807) is 0 Å². The van der Waals surface area contributed by atoms with Crippen LogP contribution in [0.15, 0.2) is 0 Å². The molecule has 0 aromatic heterocycles. The number of carboxylic acid groups (broad SMARTS) is 1. The van der Waals surface area contributed by atoms with E-state index in [9.17, 15) is 9.59 Å². The number of carbonyl (C=O) groups is 2. The molecule has 0 radical (unpaired) electrons. The van der Waals surface area contributed by atoms with Gasteiger partial charge in [0, 0.05) is 21.8 Å². The Morgan fingerprint density at radius 2 is 2.31 bits per heavy atom. The third-order valence-electron chi connectivity index (χ3n) is 2.56. The van der Waals surface area contributed by atoms with Gasteiger partial charge in [-0.25, -0.2) is 0 Å². The van der Waals surface area contributed by atoms with Crippen LogP contribution < -0.4 is 0 Å². The van der Waals surface area contributed by atoms with Crippen LogP contribution in [0.2, 0.25) is 0 Å². The Morgan fingerprint density at radius 1 is 1.62 bits per heavy atom. The Labute approximate surface area is 78.9 Å². The molecule has 1 saturated carbocycles. The monoisotopic (exact) mass is 204 g/mol.